The van der Waals surface area contributed by atoms with Gasteiger partial charge in [-0.15, -0.1) is 0 Å². The largest absolute Gasteiger partial charge is 0.437 e. The van der Waals surface area contributed by atoms with Gasteiger partial charge >= 0.3 is 0 Å². The highest BCUT2D eigenvalue weighted by atomic mass is 19.3. The predicted octanol–water partition coefficient (Wildman–Crippen LogP) is 2.48. The summed E-state index contributed by atoms with van der Waals surface area (Å²) in [7, 11) is 0. The van der Waals surface area contributed by atoms with E-state index in [-0.39, 0.29) is 23.4 Å². The molecule has 1 aliphatic rings. The molecule has 1 heterocycles. The number of nitrogens with zero attached hydrogens (tertiary/aromatic N) is 1. The number of carbonyl (C=O) groups is 1. The van der Waals surface area contributed by atoms with Crippen LogP contribution in [0.4, 0.5) is 8.78 Å². The SMILES string of the molecule is CC1(c2nc(C(F)F)c(C=O)o2)CC1. The second-order valence-corrected chi connectivity index (χ2v) is 3.75. The van der Waals surface area contributed by atoms with E-state index in [9.17, 15) is 13.6 Å². The molecule has 0 amide bonds. The summed E-state index contributed by atoms with van der Waals surface area (Å²) in [6.45, 7) is 1.88. The fraction of sp³-hybridized carbons (Fsp3) is 0.556. The molecule has 0 atom stereocenters. The minimum absolute atomic E-state index is 0.231. The zero-order valence-electron chi connectivity index (χ0n) is 7.59. The third-order valence-corrected chi connectivity index (χ3v) is 2.51. The second kappa shape index (κ2) is 2.87. The highest BCUT2D eigenvalue weighted by Crippen LogP contribution is 2.47. The van der Waals surface area contributed by atoms with Crippen LogP contribution < -0.4 is 0 Å². The van der Waals surface area contributed by atoms with Crippen molar-refractivity contribution in [3.05, 3.63) is 17.3 Å². The maximum atomic E-state index is 12.4. The van der Waals surface area contributed by atoms with Crippen molar-refractivity contribution in [2.24, 2.45) is 0 Å². The molecule has 2 rings (SSSR count). The van der Waals surface area contributed by atoms with Crippen molar-refractivity contribution in [3.8, 4) is 0 Å². The van der Waals surface area contributed by atoms with Gasteiger partial charge in [0.25, 0.3) is 6.43 Å². The summed E-state index contributed by atoms with van der Waals surface area (Å²) in [5.74, 6) is -0.0852. The van der Waals surface area contributed by atoms with Crippen LogP contribution in [0.1, 0.15) is 48.3 Å². The van der Waals surface area contributed by atoms with Gasteiger partial charge in [0.2, 0.25) is 5.89 Å². The molecule has 76 valence electrons. The van der Waals surface area contributed by atoms with Crippen molar-refractivity contribution in [2.75, 3.05) is 0 Å². The van der Waals surface area contributed by atoms with Crippen LogP contribution in [0.15, 0.2) is 4.42 Å². The first kappa shape index (κ1) is 9.30. The second-order valence-electron chi connectivity index (χ2n) is 3.75. The molecule has 0 saturated heterocycles. The number of aromatic nitrogens is 1. The lowest BCUT2D eigenvalue weighted by Crippen LogP contribution is -2.00. The van der Waals surface area contributed by atoms with E-state index in [2.05, 4.69) is 4.98 Å². The van der Waals surface area contributed by atoms with E-state index in [4.69, 9.17) is 4.42 Å². The smallest absolute Gasteiger partial charge is 0.284 e. The van der Waals surface area contributed by atoms with Crippen LogP contribution in [0.2, 0.25) is 0 Å². The van der Waals surface area contributed by atoms with Crippen molar-refractivity contribution in [2.45, 2.75) is 31.6 Å². The molecule has 1 fully saturated rings. The van der Waals surface area contributed by atoms with Crippen molar-refractivity contribution in [1.82, 2.24) is 4.98 Å². The molecule has 0 spiro atoms. The Morgan fingerprint density at radius 1 is 1.57 bits per heavy atom. The van der Waals surface area contributed by atoms with Crippen molar-refractivity contribution < 1.29 is 18.0 Å². The summed E-state index contributed by atoms with van der Waals surface area (Å²) in [5.41, 5.74) is -0.770. The number of hydrogen-bond donors (Lipinski definition) is 0. The number of halogens is 2. The zero-order chi connectivity index (χ0) is 10.3. The van der Waals surface area contributed by atoms with Gasteiger partial charge in [-0.05, 0) is 12.8 Å². The maximum Gasteiger partial charge on any atom is 0.284 e. The lowest BCUT2D eigenvalue weighted by molar-refractivity contribution is 0.107. The summed E-state index contributed by atoms with van der Waals surface area (Å²) < 4.78 is 29.7. The highest BCUT2D eigenvalue weighted by molar-refractivity contribution is 5.72. The van der Waals surface area contributed by atoms with Gasteiger partial charge in [-0.1, -0.05) is 6.92 Å². The van der Waals surface area contributed by atoms with Gasteiger partial charge in [0.1, 0.15) is 0 Å². The quantitative estimate of drug-likeness (QED) is 0.705. The molecular formula is C9H9F2NO2. The first-order valence-corrected chi connectivity index (χ1v) is 4.31. The Balaban J connectivity index is 2.41. The molecule has 14 heavy (non-hydrogen) atoms. The Bertz CT molecular complexity index is 369. The van der Waals surface area contributed by atoms with Crippen LogP contribution in [0.25, 0.3) is 0 Å². The molecular weight excluding hydrogens is 192 g/mol. The Hall–Kier alpha value is -1.26. The zero-order valence-corrected chi connectivity index (χ0v) is 7.59. The van der Waals surface area contributed by atoms with Gasteiger partial charge in [-0.25, -0.2) is 13.8 Å². The summed E-state index contributed by atoms with van der Waals surface area (Å²) in [5, 5.41) is 0. The average Bonchev–Trinajstić information content (AvgIpc) is 2.74. The van der Waals surface area contributed by atoms with Crippen molar-refractivity contribution in [1.29, 1.82) is 0 Å². The van der Waals surface area contributed by atoms with E-state index in [0.29, 0.717) is 0 Å². The lowest BCUT2D eigenvalue weighted by atomic mass is 10.1. The Labute approximate surface area is 79.1 Å². The topological polar surface area (TPSA) is 43.1 Å². The molecule has 1 aromatic heterocycles. The first-order valence-electron chi connectivity index (χ1n) is 4.31. The first-order chi connectivity index (χ1) is 6.57. The molecule has 0 bridgehead atoms. The third-order valence-electron chi connectivity index (χ3n) is 2.51. The molecule has 0 radical (unpaired) electrons. The molecule has 0 aromatic carbocycles. The standard InChI is InChI=1S/C9H9F2NO2/c1-9(2-3-9)8-12-6(7(10)11)5(4-13)14-8/h4,7H,2-3H2,1H3. The summed E-state index contributed by atoms with van der Waals surface area (Å²) in [4.78, 5) is 14.1. The number of rotatable bonds is 3. The van der Waals surface area contributed by atoms with Crippen LogP contribution in [-0.4, -0.2) is 11.3 Å². The maximum absolute atomic E-state index is 12.4. The van der Waals surface area contributed by atoms with Crippen LogP contribution in [-0.2, 0) is 5.41 Å². The van der Waals surface area contributed by atoms with Gasteiger partial charge in [0, 0.05) is 5.41 Å². The number of hydrogen-bond acceptors (Lipinski definition) is 3. The Morgan fingerprint density at radius 3 is 2.57 bits per heavy atom. The van der Waals surface area contributed by atoms with Gasteiger partial charge in [-0.2, -0.15) is 0 Å². The van der Waals surface area contributed by atoms with Crippen LogP contribution in [0, 0.1) is 0 Å². The molecule has 3 nitrogen and oxygen atoms in total. The van der Waals surface area contributed by atoms with E-state index >= 15 is 0 Å². The fourth-order valence-electron chi connectivity index (χ4n) is 1.24. The summed E-state index contributed by atoms with van der Waals surface area (Å²) >= 11 is 0. The average molecular weight is 201 g/mol. The molecule has 1 aromatic rings. The third kappa shape index (κ3) is 1.32. The Morgan fingerprint density at radius 2 is 2.21 bits per heavy atom. The number of carbonyl (C=O) groups excluding carboxylic acids is 1. The van der Waals surface area contributed by atoms with E-state index < -0.39 is 12.1 Å². The van der Waals surface area contributed by atoms with Gasteiger partial charge in [-0.3, -0.25) is 4.79 Å². The molecule has 0 unspecified atom stereocenters. The summed E-state index contributed by atoms with van der Waals surface area (Å²) in [6, 6.07) is 0. The van der Waals surface area contributed by atoms with Gasteiger partial charge < -0.3 is 4.42 Å². The lowest BCUT2D eigenvalue weighted by Gasteiger charge is -1.98. The number of aldehydes is 1. The summed E-state index contributed by atoms with van der Waals surface area (Å²) in [6.07, 6.45) is -0.734. The van der Waals surface area contributed by atoms with Gasteiger partial charge in [0.05, 0.1) is 0 Å². The molecule has 1 saturated carbocycles. The van der Waals surface area contributed by atoms with Crippen LogP contribution in [0.5, 0.6) is 0 Å². The molecule has 0 aliphatic heterocycles. The highest BCUT2D eigenvalue weighted by Gasteiger charge is 2.44. The van der Waals surface area contributed by atoms with Gasteiger partial charge in [0.15, 0.2) is 17.7 Å². The normalized spacial score (nSPS) is 18.6. The molecule has 5 heteroatoms. The Kier molecular flexibility index (Phi) is 1.90. The molecule has 0 N–H and O–H groups in total. The van der Waals surface area contributed by atoms with E-state index in [0.717, 1.165) is 12.8 Å². The van der Waals surface area contributed by atoms with E-state index in [1.165, 1.54) is 0 Å². The number of alkyl halides is 2. The van der Waals surface area contributed by atoms with Crippen molar-refractivity contribution >= 4 is 6.29 Å². The van der Waals surface area contributed by atoms with Crippen LogP contribution in [0.3, 0.4) is 0 Å². The van der Waals surface area contributed by atoms with Crippen molar-refractivity contribution in [3.63, 3.8) is 0 Å². The fourth-order valence-corrected chi connectivity index (χ4v) is 1.24. The monoisotopic (exact) mass is 201 g/mol. The van der Waals surface area contributed by atoms with E-state index in [1.807, 2.05) is 6.92 Å². The van der Waals surface area contributed by atoms with E-state index in [1.54, 1.807) is 0 Å². The minimum atomic E-state index is -2.75. The van der Waals surface area contributed by atoms with Crippen LogP contribution >= 0.6 is 0 Å². The predicted molar refractivity (Wildman–Crippen MR) is 43.4 cm³/mol. The molecule has 1 aliphatic carbocycles. The number of oxazole rings is 1. The minimum Gasteiger partial charge on any atom is -0.437 e.